The summed E-state index contributed by atoms with van der Waals surface area (Å²) in [7, 11) is -2.80. The highest BCUT2D eigenvalue weighted by Crippen LogP contribution is 2.18. The summed E-state index contributed by atoms with van der Waals surface area (Å²) in [5.41, 5.74) is 5.84. The predicted octanol–water partition coefficient (Wildman–Crippen LogP) is 0.0902. The Morgan fingerprint density at radius 1 is 1.53 bits per heavy atom. The van der Waals surface area contributed by atoms with E-state index in [1.807, 2.05) is 6.92 Å². The molecule has 0 spiro atoms. The smallest absolute Gasteiger partial charge is 0.147 e. The molecule has 1 aliphatic rings. The van der Waals surface area contributed by atoms with E-state index >= 15 is 0 Å². The molecule has 2 atom stereocenters. The van der Waals surface area contributed by atoms with Crippen LogP contribution in [0, 0.1) is 5.92 Å². The summed E-state index contributed by atoms with van der Waals surface area (Å²) in [4.78, 5) is 2.32. The van der Waals surface area contributed by atoms with Gasteiger partial charge in [0.15, 0.2) is 0 Å². The van der Waals surface area contributed by atoms with Gasteiger partial charge in [0.25, 0.3) is 0 Å². The van der Waals surface area contributed by atoms with Crippen LogP contribution in [0.1, 0.15) is 19.8 Å². The summed E-state index contributed by atoms with van der Waals surface area (Å²) in [5, 5.41) is 0. The highest BCUT2D eigenvalue weighted by atomic mass is 32.2. The molecule has 15 heavy (non-hydrogen) atoms. The first-order valence-electron chi connectivity index (χ1n) is 5.54. The van der Waals surface area contributed by atoms with Crippen molar-refractivity contribution in [3.8, 4) is 0 Å². The van der Waals surface area contributed by atoms with Crippen LogP contribution >= 0.6 is 0 Å². The number of likely N-dealkylation sites (tertiary alicyclic amines) is 1. The Labute approximate surface area is 92.7 Å². The zero-order chi connectivity index (χ0) is 11.5. The summed E-state index contributed by atoms with van der Waals surface area (Å²) >= 11 is 0. The van der Waals surface area contributed by atoms with E-state index in [-0.39, 0.29) is 6.04 Å². The van der Waals surface area contributed by atoms with Gasteiger partial charge in [0.05, 0.1) is 5.75 Å². The Bertz CT molecular complexity index is 288. The van der Waals surface area contributed by atoms with Gasteiger partial charge in [-0.15, -0.1) is 0 Å². The van der Waals surface area contributed by atoms with Gasteiger partial charge in [0, 0.05) is 18.8 Å². The maximum absolute atomic E-state index is 10.9. The molecular formula is C10H22N2O2S. The monoisotopic (exact) mass is 234 g/mol. The van der Waals surface area contributed by atoms with Crippen molar-refractivity contribution in [2.75, 3.05) is 31.6 Å². The first-order chi connectivity index (χ1) is 6.88. The fourth-order valence-corrected chi connectivity index (χ4v) is 2.70. The van der Waals surface area contributed by atoms with Gasteiger partial charge in [0.2, 0.25) is 0 Å². The van der Waals surface area contributed by atoms with Crippen LogP contribution in [0.4, 0.5) is 0 Å². The summed E-state index contributed by atoms with van der Waals surface area (Å²) in [6.45, 7) is 5.03. The van der Waals surface area contributed by atoms with E-state index in [0.29, 0.717) is 11.7 Å². The van der Waals surface area contributed by atoms with Crippen LogP contribution in [0.3, 0.4) is 0 Å². The van der Waals surface area contributed by atoms with Gasteiger partial charge in [-0.2, -0.15) is 0 Å². The number of sulfone groups is 1. The molecule has 2 unspecified atom stereocenters. The van der Waals surface area contributed by atoms with Crippen molar-refractivity contribution in [3.05, 3.63) is 0 Å². The van der Waals surface area contributed by atoms with E-state index in [1.165, 1.54) is 6.26 Å². The van der Waals surface area contributed by atoms with Crippen molar-refractivity contribution in [2.24, 2.45) is 11.7 Å². The summed E-state index contributed by atoms with van der Waals surface area (Å²) < 4.78 is 21.9. The van der Waals surface area contributed by atoms with Crippen LogP contribution in [0.5, 0.6) is 0 Å². The molecule has 2 N–H and O–H groups in total. The van der Waals surface area contributed by atoms with Crippen molar-refractivity contribution in [3.63, 3.8) is 0 Å². The molecule has 1 rings (SSSR count). The zero-order valence-corrected chi connectivity index (χ0v) is 10.5. The standard InChI is InChI=1S/C10H22N2O2S/c1-9(11)10-4-6-12(8-10)5-3-7-15(2,13)14/h9-10H,3-8,11H2,1-2H3. The fourth-order valence-electron chi connectivity index (χ4n) is 2.05. The van der Waals surface area contributed by atoms with Crippen LogP contribution in [-0.2, 0) is 9.84 Å². The SMILES string of the molecule is CC(N)C1CCN(CCCS(C)(=O)=O)C1. The topological polar surface area (TPSA) is 63.4 Å². The molecule has 90 valence electrons. The van der Waals surface area contributed by atoms with E-state index in [9.17, 15) is 8.42 Å². The molecular weight excluding hydrogens is 212 g/mol. The molecule has 0 saturated carbocycles. The fraction of sp³-hybridized carbons (Fsp3) is 1.00. The Kier molecular flexibility index (Phi) is 4.55. The van der Waals surface area contributed by atoms with E-state index in [0.717, 1.165) is 32.5 Å². The zero-order valence-electron chi connectivity index (χ0n) is 9.65. The van der Waals surface area contributed by atoms with Gasteiger partial charge in [-0.05, 0) is 38.8 Å². The lowest BCUT2D eigenvalue weighted by Crippen LogP contribution is -2.30. The number of hydrogen-bond donors (Lipinski definition) is 1. The van der Waals surface area contributed by atoms with Crippen LogP contribution < -0.4 is 5.73 Å². The van der Waals surface area contributed by atoms with E-state index < -0.39 is 9.84 Å². The highest BCUT2D eigenvalue weighted by molar-refractivity contribution is 7.90. The van der Waals surface area contributed by atoms with Gasteiger partial charge in [-0.25, -0.2) is 8.42 Å². The largest absolute Gasteiger partial charge is 0.328 e. The average Bonchev–Trinajstić information content (AvgIpc) is 2.50. The second kappa shape index (κ2) is 5.27. The number of hydrogen-bond acceptors (Lipinski definition) is 4. The van der Waals surface area contributed by atoms with Gasteiger partial charge in [-0.1, -0.05) is 0 Å². The molecule has 1 heterocycles. The van der Waals surface area contributed by atoms with Gasteiger partial charge in [-0.3, -0.25) is 0 Å². The van der Waals surface area contributed by atoms with E-state index in [2.05, 4.69) is 4.90 Å². The normalized spacial score (nSPS) is 25.7. The number of nitrogens with two attached hydrogens (primary N) is 1. The average molecular weight is 234 g/mol. The lowest BCUT2D eigenvalue weighted by Gasteiger charge is -2.17. The number of nitrogens with zero attached hydrogens (tertiary/aromatic N) is 1. The molecule has 0 aliphatic carbocycles. The minimum atomic E-state index is -2.80. The first-order valence-corrected chi connectivity index (χ1v) is 7.60. The first kappa shape index (κ1) is 12.9. The minimum absolute atomic E-state index is 0.255. The van der Waals surface area contributed by atoms with Gasteiger partial charge in [0.1, 0.15) is 9.84 Å². The predicted molar refractivity (Wildman–Crippen MR) is 62.5 cm³/mol. The van der Waals surface area contributed by atoms with Crippen molar-refractivity contribution < 1.29 is 8.42 Å². The second-order valence-corrected chi connectivity index (χ2v) is 6.95. The Balaban J connectivity index is 2.20. The van der Waals surface area contributed by atoms with Gasteiger partial charge < -0.3 is 10.6 Å². The van der Waals surface area contributed by atoms with E-state index in [4.69, 9.17) is 5.73 Å². The molecule has 5 heteroatoms. The molecule has 1 fully saturated rings. The third-order valence-corrected chi connectivity index (χ3v) is 4.07. The van der Waals surface area contributed by atoms with Crippen molar-refractivity contribution in [2.45, 2.75) is 25.8 Å². The minimum Gasteiger partial charge on any atom is -0.328 e. The lowest BCUT2D eigenvalue weighted by molar-refractivity contribution is 0.316. The Morgan fingerprint density at radius 3 is 2.67 bits per heavy atom. The van der Waals surface area contributed by atoms with Crippen LogP contribution in [-0.4, -0.2) is 51.0 Å². The molecule has 0 aromatic heterocycles. The molecule has 1 saturated heterocycles. The Hall–Kier alpha value is -0.130. The van der Waals surface area contributed by atoms with Crippen LogP contribution in [0.2, 0.25) is 0 Å². The number of rotatable bonds is 5. The molecule has 0 amide bonds. The molecule has 0 radical (unpaired) electrons. The molecule has 0 aromatic rings. The second-order valence-electron chi connectivity index (χ2n) is 4.69. The maximum atomic E-state index is 10.9. The quantitative estimate of drug-likeness (QED) is 0.732. The molecule has 4 nitrogen and oxygen atoms in total. The maximum Gasteiger partial charge on any atom is 0.147 e. The van der Waals surface area contributed by atoms with E-state index in [1.54, 1.807) is 0 Å². The van der Waals surface area contributed by atoms with Gasteiger partial charge >= 0.3 is 0 Å². The third-order valence-electron chi connectivity index (χ3n) is 3.04. The highest BCUT2D eigenvalue weighted by Gasteiger charge is 2.24. The Morgan fingerprint density at radius 2 is 2.20 bits per heavy atom. The molecule has 0 bridgehead atoms. The molecule has 0 aromatic carbocycles. The van der Waals surface area contributed by atoms with Crippen molar-refractivity contribution >= 4 is 9.84 Å². The summed E-state index contributed by atoms with van der Waals surface area (Å²) in [6.07, 6.45) is 3.18. The third kappa shape index (κ3) is 4.95. The lowest BCUT2D eigenvalue weighted by atomic mass is 10.0. The van der Waals surface area contributed by atoms with Crippen LogP contribution in [0.25, 0.3) is 0 Å². The van der Waals surface area contributed by atoms with Crippen LogP contribution in [0.15, 0.2) is 0 Å². The van der Waals surface area contributed by atoms with Crippen molar-refractivity contribution in [1.29, 1.82) is 0 Å². The summed E-state index contributed by atoms with van der Waals surface area (Å²) in [5.74, 6) is 0.884. The van der Waals surface area contributed by atoms with Crippen molar-refractivity contribution in [1.82, 2.24) is 4.90 Å². The summed E-state index contributed by atoms with van der Waals surface area (Å²) in [6, 6.07) is 0.255. The molecule has 1 aliphatic heterocycles.